The van der Waals surface area contributed by atoms with Crippen molar-refractivity contribution < 1.29 is 13.8 Å². The molecule has 1 atom stereocenters. The van der Waals surface area contributed by atoms with Gasteiger partial charge in [-0.15, -0.1) is 0 Å². The van der Waals surface area contributed by atoms with Gasteiger partial charge in [-0.2, -0.15) is 0 Å². The summed E-state index contributed by atoms with van der Waals surface area (Å²) in [5, 5.41) is 2.23. The Morgan fingerprint density at radius 1 is 1.36 bits per heavy atom. The summed E-state index contributed by atoms with van der Waals surface area (Å²) in [4.78, 5) is 23.7. The summed E-state index contributed by atoms with van der Waals surface area (Å²) in [5.74, 6) is 0.115. The van der Waals surface area contributed by atoms with Crippen molar-refractivity contribution in [3.63, 3.8) is 0 Å². The van der Waals surface area contributed by atoms with Crippen molar-refractivity contribution in [2.45, 2.75) is 6.42 Å². The number of piperazine rings is 1. The van der Waals surface area contributed by atoms with E-state index in [-0.39, 0.29) is 24.9 Å². The standard InChI is InChI=1S/C8H14N2O3S/c1-14(13)4-2-3-10-5-7(11)9-8(12)6-10/h2-6H2,1H3,(H,9,11,12). The first-order chi connectivity index (χ1) is 6.58. The van der Waals surface area contributed by atoms with Crippen LogP contribution in [0.3, 0.4) is 0 Å². The zero-order chi connectivity index (χ0) is 10.6. The number of rotatable bonds is 4. The summed E-state index contributed by atoms with van der Waals surface area (Å²) >= 11 is 0. The van der Waals surface area contributed by atoms with Crippen LogP contribution in [0, 0.1) is 0 Å². The number of hydrogen-bond acceptors (Lipinski definition) is 4. The fraction of sp³-hybridized carbons (Fsp3) is 0.750. The second-order valence-corrected chi connectivity index (χ2v) is 4.87. The molecule has 1 rings (SSSR count). The second-order valence-electron chi connectivity index (χ2n) is 3.31. The summed E-state index contributed by atoms with van der Waals surface area (Å²) in [6.45, 7) is 1.18. The SMILES string of the molecule is CS(=O)CCCN1CC(=O)NC(=O)C1. The number of carbonyl (C=O) groups excluding carboxylic acids is 2. The molecule has 1 N–H and O–H groups in total. The smallest absolute Gasteiger partial charge is 0.240 e. The molecule has 1 saturated heterocycles. The van der Waals surface area contributed by atoms with Crippen LogP contribution in [0.25, 0.3) is 0 Å². The molecule has 5 nitrogen and oxygen atoms in total. The van der Waals surface area contributed by atoms with E-state index < -0.39 is 10.8 Å². The number of amides is 2. The molecule has 1 fully saturated rings. The van der Waals surface area contributed by atoms with Crippen LogP contribution < -0.4 is 5.32 Å². The highest BCUT2D eigenvalue weighted by molar-refractivity contribution is 7.84. The van der Waals surface area contributed by atoms with Gasteiger partial charge in [-0.25, -0.2) is 0 Å². The Hall–Kier alpha value is -0.750. The largest absolute Gasteiger partial charge is 0.294 e. The van der Waals surface area contributed by atoms with Gasteiger partial charge in [0, 0.05) is 29.4 Å². The normalized spacial score (nSPS) is 20.6. The maximum absolute atomic E-state index is 10.9. The van der Waals surface area contributed by atoms with Gasteiger partial charge < -0.3 is 0 Å². The molecule has 0 aromatic carbocycles. The number of nitrogens with one attached hydrogen (secondary N) is 1. The minimum Gasteiger partial charge on any atom is -0.294 e. The Morgan fingerprint density at radius 3 is 2.43 bits per heavy atom. The van der Waals surface area contributed by atoms with Crippen molar-refractivity contribution in [3.8, 4) is 0 Å². The van der Waals surface area contributed by atoms with Crippen LogP contribution >= 0.6 is 0 Å². The minimum absolute atomic E-state index is 0.251. The molecule has 0 radical (unpaired) electrons. The van der Waals surface area contributed by atoms with E-state index in [2.05, 4.69) is 5.32 Å². The van der Waals surface area contributed by atoms with Gasteiger partial charge >= 0.3 is 0 Å². The first-order valence-corrected chi connectivity index (χ1v) is 6.15. The van der Waals surface area contributed by atoms with Crippen LogP contribution in [-0.4, -0.2) is 52.6 Å². The maximum Gasteiger partial charge on any atom is 0.240 e. The second kappa shape index (κ2) is 5.21. The molecule has 1 aliphatic rings. The zero-order valence-corrected chi connectivity index (χ0v) is 8.93. The van der Waals surface area contributed by atoms with Gasteiger partial charge in [0.2, 0.25) is 11.8 Å². The highest BCUT2D eigenvalue weighted by Gasteiger charge is 2.21. The molecular weight excluding hydrogens is 204 g/mol. The summed E-state index contributed by atoms with van der Waals surface area (Å²) in [6.07, 6.45) is 2.40. The third kappa shape index (κ3) is 3.97. The maximum atomic E-state index is 10.9. The van der Waals surface area contributed by atoms with E-state index in [4.69, 9.17) is 0 Å². The monoisotopic (exact) mass is 218 g/mol. The summed E-state index contributed by atoms with van der Waals surface area (Å²) in [7, 11) is -0.800. The lowest BCUT2D eigenvalue weighted by atomic mass is 10.3. The average molecular weight is 218 g/mol. The lowest BCUT2D eigenvalue weighted by Gasteiger charge is -2.24. The molecule has 2 amide bonds. The van der Waals surface area contributed by atoms with Gasteiger partial charge in [-0.05, 0) is 6.42 Å². The van der Waals surface area contributed by atoms with Crippen molar-refractivity contribution in [3.05, 3.63) is 0 Å². The van der Waals surface area contributed by atoms with E-state index in [9.17, 15) is 13.8 Å². The molecule has 1 heterocycles. The van der Waals surface area contributed by atoms with Crippen molar-refractivity contribution in [2.75, 3.05) is 31.6 Å². The summed E-state index contributed by atoms with van der Waals surface area (Å²) in [6, 6.07) is 0. The molecule has 0 saturated carbocycles. The molecule has 14 heavy (non-hydrogen) atoms. The molecule has 1 unspecified atom stereocenters. The molecule has 6 heteroatoms. The lowest BCUT2D eigenvalue weighted by Crippen LogP contribution is -2.51. The van der Waals surface area contributed by atoms with E-state index in [1.165, 1.54) is 0 Å². The molecule has 0 aromatic heterocycles. The highest BCUT2D eigenvalue weighted by atomic mass is 32.2. The van der Waals surface area contributed by atoms with Crippen molar-refractivity contribution >= 4 is 22.6 Å². The van der Waals surface area contributed by atoms with Gasteiger partial charge in [0.25, 0.3) is 0 Å². The fourth-order valence-corrected chi connectivity index (χ4v) is 1.88. The third-order valence-corrected chi connectivity index (χ3v) is 2.78. The highest BCUT2D eigenvalue weighted by Crippen LogP contribution is 1.97. The zero-order valence-electron chi connectivity index (χ0n) is 8.12. The minimum atomic E-state index is -0.800. The summed E-state index contributed by atoms with van der Waals surface area (Å²) < 4.78 is 10.8. The van der Waals surface area contributed by atoms with E-state index in [0.29, 0.717) is 12.3 Å². The number of imide groups is 1. The molecule has 0 aliphatic carbocycles. The van der Waals surface area contributed by atoms with E-state index in [1.807, 2.05) is 0 Å². The number of nitrogens with zero attached hydrogens (tertiary/aromatic N) is 1. The van der Waals surface area contributed by atoms with Crippen molar-refractivity contribution in [2.24, 2.45) is 0 Å². The van der Waals surface area contributed by atoms with Crippen LogP contribution in [0.5, 0.6) is 0 Å². The first kappa shape index (κ1) is 11.3. The van der Waals surface area contributed by atoms with Crippen LogP contribution in [0.15, 0.2) is 0 Å². The number of hydrogen-bond donors (Lipinski definition) is 1. The van der Waals surface area contributed by atoms with Gasteiger partial charge in [0.15, 0.2) is 0 Å². The quantitative estimate of drug-likeness (QED) is 0.596. The lowest BCUT2D eigenvalue weighted by molar-refractivity contribution is -0.135. The van der Waals surface area contributed by atoms with Gasteiger partial charge in [-0.1, -0.05) is 0 Å². The molecular formula is C8H14N2O3S. The molecule has 0 aromatic rings. The Labute approximate surface area is 85.3 Å². The molecule has 0 bridgehead atoms. The van der Waals surface area contributed by atoms with Crippen molar-refractivity contribution in [1.82, 2.24) is 10.2 Å². The van der Waals surface area contributed by atoms with Gasteiger partial charge in [0.05, 0.1) is 13.1 Å². The van der Waals surface area contributed by atoms with Crippen LogP contribution in [0.2, 0.25) is 0 Å². The van der Waals surface area contributed by atoms with Crippen LogP contribution in [0.4, 0.5) is 0 Å². The fourth-order valence-electron chi connectivity index (χ4n) is 1.35. The average Bonchev–Trinajstić information content (AvgIpc) is 2.01. The predicted octanol–water partition coefficient (Wildman–Crippen LogP) is -1.29. The molecule has 80 valence electrons. The number of carbonyl (C=O) groups is 2. The van der Waals surface area contributed by atoms with E-state index in [0.717, 1.165) is 6.42 Å². The predicted molar refractivity (Wildman–Crippen MR) is 53.1 cm³/mol. The van der Waals surface area contributed by atoms with E-state index in [1.54, 1.807) is 11.2 Å². The van der Waals surface area contributed by atoms with Gasteiger partial charge in [-0.3, -0.25) is 24.0 Å². The first-order valence-electron chi connectivity index (χ1n) is 4.43. The van der Waals surface area contributed by atoms with Crippen LogP contribution in [-0.2, 0) is 20.4 Å². The summed E-state index contributed by atoms with van der Waals surface area (Å²) in [5.41, 5.74) is 0. The Bertz CT molecular complexity index is 251. The van der Waals surface area contributed by atoms with E-state index >= 15 is 0 Å². The Morgan fingerprint density at radius 2 is 1.93 bits per heavy atom. The van der Waals surface area contributed by atoms with Gasteiger partial charge in [0.1, 0.15) is 0 Å². The molecule has 0 spiro atoms. The van der Waals surface area contributed by atoms with Crippen molar-refractivity contribution in [1.29, 1.82) is 0 Å². The Balaban J connectivity index is 2.27. The topological polar surface area (TPSA) is 66.5 Å². The Kier molecular flexibility index (Phi) is 4.21. The molecule has 1 aliphatic heterocycles. The van der Waals surface area contributed by atoms with Crippen LogP contribution in [0.1, 0.15) is 6.42 Å². The third-order valence-electron chi connectivity index (χ3n) is 1.92.